The van der Waals surface area contributed by atoms with Gasteiger partial charge >= 0.3 is 11.9 Å². The molecule has 1 aliphatic rings. The van der Waals surface area contributed by atoms with E-state index in [1.165, 1.54) is 43.5 Å². The fourth-order valence-electron chi connectivity index (χ4n) is 2.92. The van der Waals surface area contributed by atoms with Crippen LogP contribution in [0.25, 0.3) is 6.08 Å². The van der Waals surface area contributed by atoms with Gasteiger partial charge in [0.2, 0.25) is 5.90 Å². The molecule has 8 heteroatoms. The van der Waals surface area contributed by atoms with Gasteiger partial charge in [0, 0.05) is 5.56 Å². The molecule has 3 aromatic rings. The number of hydrogen-bond donors (Lipinski definition) is 0. The Hall–Kier alpha value is -3.97. The normalized spacial score (nSPS) is 14.2. The number of benzene rings is 3. The highest BCUT2D eigenvalue weighted by molar-refractivity contribution is 6.33. The summed E-state index contributed by atoms with van der Waals surface area (Å²) in [6, 6.07) is 16.7. The predicted octanol–water partition coefficient (Wildman–Crippen LogP) is 5.05. The molecule has 0 spiro atoms. The number of carbonyl (C=O) groups excluding carboxylic acids is 2. The van der Waals surface area contributed by atoms with E-state index in [4.69, 9.17) is 25.8 Å². The average Bonchev–Trinajstić information content (AvgIpc) is 3.15. The third kappa shape index (κ3) is 4.53. The number of cyclic esters (lactones) is 1. The molecule has 0 radical (unpaired) electrons. The Balaban J connectivity index is 1.58. The minimum absolute atomic E-state index is 0.0622. The van der Waals surface area contributed by atoms with Crippen molar-refractivity contribution in [3.05, 3.63) is 100.0 Å². The van der Waals surface area contributed by atoms with E-state index in [9.17, 15) is 14.0 Å². The first-order chi connectivity index (χ1) is 15.4. The van der Waals surface area contributed by atoms with Crippen LogP contribution in [0.1, 0.15) is 21.5 Å². The zero-order valence-electron chi connectivity index (χ0n) is 16.7. The quantitative estimate of drug-likeness (QED) is 0.308. The van der Waals surface area contributed by atoms with Crippen LogP contribution in [-0.4, -0.2) is 24.9 Å². The van der Waals surface area contributed by atoms with Gasteiger partial charge in [-0.15, -0.1) is 0 Å². The van der Waals surface area contributed by atoms with Crippen LogP contribution in [0, 0.1) is 5.82 Å². The third-order valence-corrected chi connectivity index (χ3v) is 4.83. The zero-order chi connectivity index (χ0) is 22.7. The van der Waals surface area contributed by atoms with E-state index in [0.717, 1.165) is 0 Å². The summed E-state index contributed by atoms with van der Waals surface area (Å²) in [4.78, 5) is 28.8. The lowest BCUT2D eigenvalue weighted by Crippen LogP contribution is -2.09. The van der Waals surface area contributed by atoms with Gasteiger partial charge in [-0.3, -0.25) is 0 Å². The first-order valence-electron chi connectivity index (χ1n) is 9.38. The molecule has 0 aliphatic carbocycles. The lowest BCUT2D eigenvalue weighted by Gasteiger charge is -2.10. The smallest absolute Gasteiger partial charge is 0.363 e. The third-order valence-electron chi connectivity index (χ3n) is 4.50. The van der Waals surface area contributed by atoms with Crippen molar-refractivity contribution in [3.63, 3.8) is 0 Å². The molecule has 0 bridgehead atoms. The minimum atomic E-state index is -0.641. The summed E-state index contributed by atoms with van der Waals surface area (Å²) in [6.45, 7) is 0. The first-order valence-corrected chi connectivity index (χ1v) is 9.75. The number of methoxy groups -OCH3 is 1. The molecule has 32 heavy (non-hydrogen) atoms. The largest absolute Gasteiger partial charge is 0.493 e. The summed E-state index contributed by atoms with van der Waals surface area (Å²) in [5.74, 6) is -1.14. The second-order valence-electron chi connectivity index (χ2n) is 6.62. The summed E-state index contributed by atoms with van der Waals surface area (Å²) >= 11 is 6.04. The van der Waals surface area contributed by atoms with Crippen LogP contribution in [0.2, 0.25) is 5.02 Å². The van der Waals surface area contributed by atoms with Crippen molar-refractivity contribution in [1.29, 1.82) is 0 Å². The fourth-order valence-corrected chi connectivity index (χ4v) is 3.14. The molecule has 0 saturated heterocycles. The molecular weight excluding hydrogens is 437 g/mol. The van der Waals surface area contributed by atoms with Crippen molar-refractivity contribution < 1.29 is 28.2 Å². The van der Waals surface area contributed by atoms with E-state index in [-0.39, 0.29) is 33.7 Å². The molecule has 160 valence electrons. The number of rotatable bonds is 5. The first kappa shape index (κ1) is 21.3. The molecule has 0 N–H and O–H groups in total. The number of carbonyl (C=O) groups is 2. The SMILES string of the molecule is COc1cc(/C=C2\N=C(c3ccc(F)cc3)OC2=O)ccc1OC(=O)c1ccccc1Cl. The van der Waals surface area contributed by atoms with Gasteiger partial charge in [0.15, 0.2) is 17.2 Å². The van der Waals surface area contributed by atoms with Crippen LogP contribution in [-0.2, 0) is 9.53 Å². The van der Waals surface area contributed by atoms with Crippen LogP contribution >= 0.6 is 11.6 Å². The Morgan fingerprint density at radius 3 is 2.53 bits per heavy atom. The summed E-state index contributed by atoms with van der Waals surface area (Å²) in [5.41, 5.74) is 1.32. The summed E-state index contributed by atoms with van der Waals surface area (Å²) in [7, 11) is 1.42. The second-order valence-corrected chi connectivity index (χ2v) is 7.03. The molecule has 6 nitrogen and oxygen atoms in total. The molecule has 1 heterocycles. The van der Waals surface area contributed by atoms with E-state index < -0.39 is 17.8 Å². The van der Waals surface area contributed by atoms with Crippen LogP contribution in [0.15, 0.2) is 77.4 Å². The van der Waals surface area contributed by atoms with Gasteiger partial charge in [-0.05, 0) is 60.2 Å². The maximum Gasteiger partial charge on any atom is 0.363 e. The molecule has 4 rings (SSSR count). The topological polar surface area (TPSA) is 74.2 Å². The molecule has 3 aromatic carbocycles. The van der Waals surface area contributed by atoms with Crippen molar-refractivity contribution in [1.82, 2.24) is 0 Å². The molecule has 0 atom stereocenters. The van der Waals surface area contributed by atoms with E-state index in [1.807, 2.05) is 0 Å². The zero-order valence-corrected chi connectivity index (χ0v) is 17.4. The number of ether oxygens (including phenoxy) is 3. The highest BCUT2D eigenvalue weighted by Crippen LogP contribution is 2.31. The minimum Gasteiger partial charge on any atom is -0.493 e. The summed E-state index contributed by atoms with van der Waals surface area (Å²) in [6.07, 6.45) is 1.50. The van der Waals surface area contributed by atoms with Gasteiger partial charge in [0.1, 0.15) is 5.82 Å². The average molecular weight is 452 g/mol. The molecule has 0 fully saturated rings. The van der Waals surface area contributed by atoms with E-state index in [0.29, 0.717) is 11.1 Å². The molecule has 0 saturated carbocycles. The molecule has 1 aliphatic heterocycles. The Kier molecular flexibility index (Phi) is 6.00. The van der Waals surface area contributed by atoms with E-state index in [1.54, 1.807) is 36.4 Å². The Morgan fingerprint density at radius 1 is 1.06 bits per heavy atom. The second kappa shape index (κ2) is 9.03. The van der Waals surface area contributed by atoms with Crippen LogP contribution in [0.4, 0.5) is 4.39 Å². The highest BCUT2D eigenvalue weighted by Gasteiger charge is 2.24. The number of aliphatic imine (C=N–C) groups is 1. The Morgan fingerprint density at radius 2 is 1.81 bits per heavy atom. The Labute approximate surface area is 187 Å². The molecular formula is C24H15ClFNO5. The maximum atomic E-state index is 13.1. The van der Waals surface area contributed by atoms with Crippen molar-refractivity contribution in [3.8, 4) is 11.5 Å². The van der Waals surface area contributed by atoms with E-state index >= 15 is 0 Å². The monoisotopic (exact) mass is 451 g/mol. The van der Waals surface area contributed by atoms with Gasteiger partial charge in [-0.1, -0.05) is 29.8 Å². The van der Waals surface area contributed by atoms with Crippen LogP contribution < -0.4 is 9.47 Å². The summed E-state index contributed by atoms with van der Waals surface area (Å²) in [5, 5.41) is 0.271. The molecule has 0 amide bonds. The predicted molar refractivity (Wildman–Crippen MR) is 116 cm³/mol. The van der Waals surface area contributed by atoms with Crippen molar-refractivity contribution in [2.45, 2.75) is 0 Å². The lowest BCUT2D eigenvalue weighted by molar-refractivity contribution is -0.129. The number of nitrogens with zero attached hydrogens (tertiary/aromatic N) is 1. The molecule has 0 unspecified atom stereocenters. The number of hydrogen-bond acceptors (Lipinski definition) is 6. The molecule has 0 aromatic heterocycles. The maximum absolute atomic E-state index is 13.1. The van der Waals surface area contributed by atoms with Gasteiger partial charge in [0.25, 0.3) is 0 Å². The Bertz CT molecular complexity index is 1270. The fraction of sp³-hybridized carbons (Fsp3) is 0.0417. The van der Waals surface area contributed by atoms with Gasteiger partial charge in [-0.25, -0.2) is 19.0 Å². The van der Waals surface area contributed by atoms with Gasteiger partial charge in [-0.2, -0.15) is 0 Å². The van der Waals surface area contributed by atoms with Crippen molar-refractivity contribution in [2.75, 3.05) is 7.11 Å². The van der Waals surface area contributed by atoms with Gasteiger partial charge in [0.05, 0.1) is 17.7 Å². The van der Waals surface area contributed by atoms with Crippen LogP contribution in [0.3, 0.4) is 0 Å². The standard InChI is InChI=1S/C24H15ClFNO5/c1-30-21-13-14(6-11-20(21)31-23(28)17-4-2-3-5-18(17)25)12-19-24(29)32-22(27-19)15-7-9-16(26)10-8-15/h2-13H,1H3/b19-12-. The van der Waals surface area contributed by atoms with Crippen molar-refractivity contribution >= 4 is 35.5 Å². The lowest BCUT2D eigenvalue weighted by atomic mass is 10.1. The van der Waals surface area contributed by atoms with E-state index in [2.05, 4.69) is 4.99 Å². The van der Waals surface area contributed by atoms with Gasteiger partial charge < -0.3 is 14.2 Å². The number of halogens is 2. The highest BCUT2D eigenvalue weighted by atomic mass is 35.5. The van der Waals surface area contributed by atoms with Crippen LogP contribution in [0.5, 0.6) is 11.5 Å². The van der Waals surface area contributed by atoms with Crippen molar-refractivity contribution in [2.24, 2.45) is 4.99 Å². The summed E-state index contributed by atoms with van der Waals surface area (Å²) < 4.78 is 29.0. The number of esters is 2.